The molecule has 358 valence electrons. The fourth-order valence-electron chi connectivity index (χ4n) is 9.84. The quantitative estimate of drug-likeness (QED) is 0.0900. The average molecular weight is 929 g/mol. The third kappa shape index (κ3) is 8.75. The van der Waals surface area contributed by atoms with Gasteiger partial charge in [-0.15, -0.1) is 0 Å². The molecule has 13 nitrogen and oxygen atoms in total. The second kappa shape index (κ2) is 18.7. The molecule has 4 unspecified atom stereocenters. The number of methoxy groups -OCH3 is 2. The van der Waals surface area contributed by atoms with Crippen molar-refractivity contribution >= 4 is 34.8 Å². The van der Waals surface area contributed by atoms with Crippen LogP contribution in [0.2, 0.25) is 0 Å². The van der Waals surface area contributed by atoms with Gasteiger partial charge in [-0.1, -0.05) is 47.6 Å². The minimum Gasteiger partial charge on any atom is -0.506 e. The smallest absolute Gasteiger partial charge is 0.340 e. The van der Waals surface area contributed by atoms with Crippen LogP contribution in [-0.2, 0) is 20.7 Å². The number of carbonyl (C=O) groups excluding carboxylic acids is 1. The van der Waals surface area contributed by atoms with Crippen LogP contribution < -0.4 is 24.4 Å². The molecule has 1 fully saturated rings. The molecule has 1 aliphatic carbocycles. The highest BCUT2D eigenvalue weighted by molar-refractivity contribution is 6.17. The summed E-state index contributed by atoms with van der Waals surface area (Å²) in [6.45, 7) is 14.9. The Hall–Kier alpha value is -6.86. The van der Waals surface area contributed by atoms with E-state index in [1.54, 1.807) is 58.4 Å². The van der Waals surface area contributed by atoms with E-state index in [4.69, 9.17) is 28.1 Å². The fourth-order valence-corrected chi connectivity index (χ4v) is 9.84. The average Bonchev–Trinajstić information content (AvgIpc) is 3.50. The first-order chi connectivity index (χ1) is 32.1. The number of hydrogen-bond donors (Lipinski definition) is 3. The Balaban J connectivity index is 0.000000270. The predicted molar refractivity (Wildman–Crippen MR) is 259 cm³/mol. The van der Waals surface area contributed by atoms with Crippen molar-refractivity contribution in [1.29, 1.82) is 0 Å². The number of fused-ring (bicyclic) bond motifs is 3. The van der Waals surface area contributed by atoms with Gasteiger partial charge >= 0.3 is 11.9 Å². The van der Waals surface area contributed by atoms with Gasteiger partial charge in [0.2, 0.25) is 5.60 Å². The van der Waals surface area contributed by atoms with Crippen LogP contribution in [-0.4, -0.2) is 69.7 Å². The Bertz CT molecular complexity index is 2920. The lowest BCUT2D eigenvalue weighted by Crippen LogP contribution is -2.66. The lowest BCUT2D eigenvalue weighted by Gasteiger charge is -2.50. The molecule has 3 aliphatic heterocycles. The molecule has 0 radical (unpaired) electrons. The zero-order valence-corrected chi connectivity index (χ0v) is 40.3. The SMILES string of the molecule is CC(C)=CCCC1(C)C=Cc2c(O)c3c(c(CC=C(C)C)c2O1)OC12C(=CCCC1C(C)(C)OC2(CC=C(C)C(=O)O)C(=O)O)C3=O.COc1cccc(-c2cc(=O)c3ccc(OC)cc3o2)c1. The van der Waals surface area contributed by atoms with Crippen molar-refractivity contribution in [3.05, 3.63) is 128 Å². The normalized spacial score (nSPS) is 22.9. The Labute approximate surface area is 396 Å². The summed E-state index contributed by atoms with van der Waals surface area (Å²) in [5.74, 6) is -1.68. The van der Waals surface area contributed by atoms with Gasteiger partial charge in [0.25, 0.3) is 0 Å². The number of hydrogen-bond acceptors (Lipinski definition) is 11. The van der Waals surface area contributed by atoms with Crippen molar-refractivity contribution in [3.63, 3.8) is 0 Å². The van der Waals surface area contributed by atoms with Crippen molar-refractivity contribution in [2.75, 3.05) is 14.2 Å². The second-order valence-electron chi connectivity index (χ2n) is 19.0. The molecule has 3 N–H and O–H groups in total. The fraction of sp³-hybridized carbons (Fsp3) is 0.382. The number of phenols is 1. The van der Waals surface area contributed by atoms with Crippen molar-refractivity contribution in [2.24, 2.45) is 5.92 Å². The number of carbonyl (C=O) groups is 3. The molecule has 4 aromatic rings. The maximum Gasteiger partial charge on any atom is 0.340 e. The summed E-state index contributed by atoms with van der Waals surface area (Å²) in [4.78, 5) is 52.2. The van der Waals surface area contributed by atoms with Gasteiger partial charge in [0.1, 0.15) is 51.3 Å². The summed E-state index contributed by atoms with van der Waals surface area (Å²) in [5.41, 5.74) is -1.47. The minimum atomic E-state index is -2.16. The van der Waals surface area contributed by atoms with Crippen LogP contribution in [0.5, 0.6) is 28.7 Å². The molecular formula is C55H60O13. The van der Waals surface area contributed by atoms with Crippen molar-refractivity contribution in [1.82, 2.24) is 0 Å². The van der Waals surface area contributed by atoms with Gasteiger partial charge in [-0.3, -0.25) is 9.59 Å². The third-order valence-corrected chi connectivity index (χ3v) is 13.3. The van der Waals surface area contributed by atoms with E-state index in [0.717, 1.165) is 17.6 Å². The number of ketones is 1. The summed E-state index contributed by atoms with van der Waals surface area (Å²) >= 11 is 0. The lowest BCUT2D eigenvalue weighted by atomic mass is 9.60. The lowest BCUT2D eigenvalue weighted by molar-refractivity contribution is -0.184. The molecule has 13 heteroatoms. The van der Waals surface area contributed by atoms with Gasteiger partial charge < -0.3 is 43.4 Å². The van der Waals surface area contributed by atoms with Crippen LogP contribution in [0.15, 0.2) is 110 Å². The number of ether oxygens (including phenoxy) is 5. The molecule has 68 heavy (non-hydrogen) atoms. The Morgan fingerprint density at radius 1 is 0.868 bits per heavy atom. The van der Waals surface area contributed by atoms with E-state index in [-0.39, 0.29) is 40.1 Å². The Kier molecular flexibility index (Phi) is 13.5. The highest BCUT2D eigenvalue weighted by Crippen LogP contribution is 2.64. The number of aliphatic carboxylic acids is 2. The number of phenolic OH excluding ortho intramolecular Hbond substituents is 1. The van der Waals surface area contributed by atoms with Crippen LogP contribution in [0.1, 0.15) is 109 Å². The monoisotopic (exact) mass is 928 g/mol. The molecule has 4 heterocycles. The number of Topliss-reactive ketones (excluding diaryl/α,β-unsaturated/α-hetero) is 1. The van der Waals surface area contributed by atoms with E-state index < -0.39 is 46.0 Å². The molecule has 4 atom stereocenters. The predicted octanol–water partition coefficient (Wildman–Crippen LogP) is 11.0. The number of carboxylic acid groups (broad SMARTS) is 2. The highest BCUT2D eigenvalue weighted by atomic mass is 16.6. The van der Waals surface area contributed by atoms with E-state index in [9.17, 15) is 34.5 Å². The highest BCUT2D eigenvalue weighted by Gasteiger charge is 2.77. The van der Waals surface area contributed by atoms with Gasteiger partial charge in [-0.05, 0) is 124 Å². The summed E-state index contributed by atoms with van der Waals surface area (Å²) in [6, 6.07) is 14.0. The van der Waals surface area contributed by atoms with Crippen molar-refractivity contribution in [3.8, 4) is 40.1 Å². The number of rotatable bonds is 12. The zero-order valence-electron chi connectivity index (χ0n) is 40.3. The molecule has 8 rings (SSSR count). The molecule has 3 aromatic carbocycles. The molecular weight excluding hydrogens is 869 g/mol. The number of aromatic hydroxyl groups is 1. The molecule has 1 spiro atoms. The van der Waals surface area contributed by atoms with E-state index in [1.807, 2.05) is 71.0 Å². The first-order valence-electron chi connectivity index (χ1n) is 22.7. The van der Waals surface area contributed by atoms with Crippen LogP contribution in [0.4, 0.5) is 0 Å². The minimum absolute atomic E-state index is 0.0407. The molecule has 1 saturated heterocycles. The second-order valence-corrected chi connectivity index (χ2v) is 19.0. The van der Waals surface area contributed by atoms with E-state index in [1.165, 1.54) is 24.6 Å². The number of allylic oxidation sites excluding steroid dienone is 5. The van der Waals surface area contributed by atoms with E-state index in [0.29, 0.717) is 70.8 Å². The molecule has 0 amide bonds. The van der Waals surface area contributed by atoms with Gasteiger partial charge in [-0.2, -0.15) is 0 Å². The summed E-state index contributed by atoms with van der Waals surface area (Å²) in [7, 11) is 3.17. The summed E-state index contributed by atoms with van der Waals surface area (Å²) in [6.07, 6.45) is 13.1. The summed E-state index contributed by atoms with van der Waals surface area (Å²) in [5, 5.41) is 32.9. The maximum atomic E-state index is 14.7. The number of benzene rings is 3. The molecule has 4 aliphatic rings. The van der Waals surface area contributed by atoms with Crippen LogP contribution in [0, 0.1) is 5.92 Å². The zero-order chi connectivity index (χ0) is 49.5. The molecule has 0 saturated carbocycles. The van der Waals surface area contributed by atoms with Crippen molar-refractivity contribution < 1.29 is 57.8 Å². The third-order valence-electron chi connectivity index (χ3n) is 13.3. The summed E-state index contributed by atoms with van der Waals surface area (Å²) < 4.78 is 36.4. The molecule has 0 bridgehead atoms. The topological polar surface area (TPSA) is 188 Å². The Morgan fingerprint density at radius 3 is 2.24 bits per heavy atom. The van der Waals surface area contributed by atoms with Gasteiger partial charge in [0.15, 0.2) is 16.8 Å². The van der Waals surface area contributed by atoms with Gasteiger partial charge in [-0.25, -0.2) is 9.59 Å². The first-order valence-corrected chi connectivity index (χ1v) is 22.7. The van der Waals surface area contributed by atoms with Crippen molar-refractivity contribution in [2.45, 2.75) is 116 Å². The standard InChI is InChI=1S/C38H46O9.C17H14O4/c1-21(2)11-10-18-36(8)19-17-24-29(39)28-30(40)26-12-9-13-27-35(6,7)47-37(34(43)44,20-16-23(5)33(41)42)38(26,27)46-32(28)25(31(24)45-36)15-14-22(3)4;1-19-12-5-3-4-11(8-12)16-10-15(18)14-7-6-13(20-2)9-17(14)21-16/h11-12,14,16-17,19,27,39H,9-10,13,15,18,20H2,1-8H3,(H,41,42)(H,43,44);3-10H,1-2H3. The largest absolute Gasteiger partial charge is 0.506 e. The van der Waals surface area contributed by atoms with E-state index in [2.05, 4.69) is 6.08 Å². The van der Waals surface area contributed by atoms with Crippen LogP contribution in [0.25, 0.3) is 28.4 Å². The van der Waals surface area contributed by atoms with Gasteiger partial charge in [0, 0.05) is 46.7 Å². The van der Waals surface area contributed by atoms with Crippen LogP contribution >= 0.6 is 0 Å². The number of carboxylic acids is 2. The van der Waals surface area contributed by atoms with Gasteiger partial charge in [0.05, 0.1) is 30.8 Å². The van der Waals surface area contributed by atoms with Crippen LogP contribution in [0.3, 0.4) is 0 Å². The van der Waals surface area contributed by atoms with E-state index >= 15 is 0 Å². The molecule has 1 aromatic heterocycles. The Morgan fingerprint density at radius 2 is 1.57 bits per heavy atom. The first kappa shape index (κ1) is 49.1. The maximum absolute atomic E-state index is 14.7.